The van der Waals surface area contributed by atoms with Crippen LogP contribution in [0, 0.1) is 12.7 Å². The molecule has 0 amide bonds. The molecule has 0 bridgehead atoms. The summed E-state index contributed by atoms with van der Waals surface area (Å²) in [5.74, 6) is 0.563. The van der Waals surface area contributed by atoms with Crippen LogP contribution in [0.3, 0.4) is 0 Å². The number of rotatable bonds is 5. The van der Waals surface area contributed by atoms with E-state index >= 15 is 0 Å². The fraction of sp³-hybridized carbons (Fsp3) is 0.231. The van der Waals surface area contributed by atoms with Crippen molar-refractivity contribution < 1.29 is 9.13 Å². The van der Waals surface area contributed by atoms with Crippen LogP contribution >= 0.6 is 23.2 Å². The van der Waals surface area contributed by atoms with Gasteiger partial charge in [-0.3, -0.25) is 14.3 Å². The number of hydrogen-bond donors (Lipinski definition) is 0. The van der Waals surface area contributed by atoms with Crippen LogP contribution in [0.5, 0.6) is 5.75 Å². The minimum atomic E-state index is -0.488. The van der Waals surface area contributed by atoms with E-state index in [9.17, 15) is 9.18 Å². The van der Waals surface area contributed by atoms with Crippen molar-refractivity contribution >= 4 is 23.2 Å². The Morgan fingerprint density at radius 2 is 1.74 bits per heavy atom. The zero-order chi connectivity index (χ0) is 25.3. The minimum absolute atomic E-state index is 0.0933. The van der Waals surface area contributed by atoms with Crippen LogP contribution in [0.1, 0.15) is 37.9 Å². The number of aromatic nitrogens is 4. The molecule has 0 spiro atoms. The standard InChI is InChI=1S/C26H23Cl2FN4O2/c1-15-11-22(35-14-16-5-7-17(29)8-6-16)23(28)24(34)33(15)21-12-20(31-13-18(21)27)19-9-10-30-25(32-19)26(2,3)4/h5-13H,14H2,1-4H3. The summed E-state index contributed by atoms with van der Waals surface area (Å²) in [5, 5.41) is 0.185. The fourth-order valence-corrected chi connectivity index (χ4v) is 3.81. The van der Waals surface area contributed by atoms with E-state index in [1.165, 1.54) is 22.9 Å². The van der Waals surface area contributed by atoms with E-state index in [0.717, 1.165) is 5.56 Å². The monoisotopic (exact) mass is 512 g/mol. The molecule has 3 aromatic heterocycles. The van der Waals surface area contributed by atoms with Gasteiger partial charge >= 0.3 is 0 Å². The van der Waals surface area contributed by atoms with Crippen LogP contribution in [0.15, 0.2) is 59.7 Å². The fourth-order valence-electron chi connectivity index (χ4n) is 3.43. The van der Waals surface area contributed by atoms with Gasteiger partial charge in [0, 0.05) is 29.6 Å². The topological polar surface area (TPSA) is 69.9 Å². The molecule has 3 heterocycles. The molecule has 0 radical (unpaired) electrons. The van der Waals surface area contributed by atoms with Crippen LogP contribution in [0.2, 0.25) is 10.0 Å². The number of halogens is 3. The van der Waals surface area contributed by atoms with Gasteiger partial charge in [0.1, 0.15) is 29.0 Å². The largest absolute Gasteiger partial charge is 0.487 e. The lowest BCUT2D eigenvalue weighted by Crippen LogP contribution is -2.22. The lowest BCUT2D eigenvalue weighted by molar-refractivity contribution is 0.305. The summed E-state index contributed by atoms with van der Waals surface area (Å²) in [7, 11) is 0. The van der Waals surface area contributed by atoms with Gasteiger partial charge in [-0.2, -0.15) is 0 Å². The third-order valence-corrected chi connectivity index (χ3v) is 5.91. The summed E-state index contributed by atoms with van der Waals surface area (Å²) < 4.78 is 20.3. The number of hydrogen-bond acceptors (Lipinski definition) is 5. The van der Waals surface area contributed by atoms with Gasteiger partial charge in [-0.15, -0.1) is 0 Å². The molecule has 35 heavy (non-hydrogen) atoms. The Morgan fingerprint density at radius 1 is 1.03 bits per heavy atom. The Balaban J connectivity index is 1.72. The van der Waals surface area contributed by atoms with Crippen LogP contribution in [0.4, 0.5) is 4.39 Å². The summed E-state index contributed by atoms with van der Waals surface area (Å²) in [4.78, 5) is 26.7. The van der Waals surface area contributed by atoms with Gasteiger partial charge in [-0.25, -0.2) is 14.4 Å². The molecule has 1 aromatic carbocycles. The second-order valence-electron chi connectivity index (χ2n) is 9.06. The van der Waals surface area contributed by atoms with E-state index in [1.807, 2.05) is 20.8 Å². The first-order valence-corrected chi connectivity index (χ1v) is 11.6. The molecular weight excluding hydrogens is 490 g/mol. The third kappa shape index (κ3) is 5.36. The highest BCUT2D eigenvalue weighted by Crippen LogP contribution is 2.29. The number of aryl methyl sites for hydroxylation is 1. The predicted molar refractivity (Wildman–Crippen MR) is 135 cm³/mol. The molecule has 4 rings (SSSR count). The van der Waals surface area contributed by atoms with Gasteiger partial charge in [-0.05, 0) is 36.8 Å². The van der Waals surface area contributed by atoms with Crippen molar-refractivity contribution in [3.63, 3.8) is 0 Å². The highest BCUT2D eigenvalue weighted by Gasteiger charge is 2.20. The van der Waals surface area contributed by atoms with Crippen LogP contribution in [-0.4, -0.2) is 19.5 Å². The number of pyridine rings is 2. The second kappa shape index (κ2) is 9.76. The van der Waals surface area contributed by atoms with E-state index in [4.69, 9.17) is 27.9 Å². The molecule has 0 saturated heterocycles. The first-order valence-electron chi connectivity index (χ1n) is 10.8. The Labute approximate surface area is 212 Å². The lowest BCUT2D eigenvalue weighted by atomic mass is 9.95. The Hall–Kier alpha value is -3.29. The normalized spacial score (nSPS) is 11.5. The maximum Gasteiger partial charge on any atom is 0.277 e. The average molecular weight is 513 g/mol. The molecule has 0 N–H and O–H groups in total. The zero-order valence-electron chi connectivity index (χ0n) is 19.6. The molecule has 0 saturated carbocycles. The van der Waals surface area contributed by atoms with Gasteiger partial charge in [0.15, 0.2) is 0 Å². The zero-order valence-corrected chi connectivity index (χ0v) is 21.2. The van der Waals surface area contributed by atoms with E-state index in [2.05, 4.69) is 15.0 Å². The van der Waals surface area contributed by atoms with Gasteiger partial charge < -0.3 is 4.74 Å². The SMILES string of the molecule is Cc1cc(OCc2ccc(F)cc2)c(Cl)c(=O)n1-c1cc(-c2ccnc(C(C)(C)C)n2)ncc1Cl. The quantitative estimate of drug-likeness (QED) is 0.312. The molecule has 9 heteroatoms. The minimum Gasteiger partial charge on any atom is -0.487 e. The van der Waals surface area contributed by atoms with Crippen molar-refractivity contribution in [2.45, 2.75) is 39.7 Å². The first kappa shape index (κ1) is 24.8. The number of ether oxygens (including phenoxy) is 1. The van der Waals surface area contributed by atoms with E-state index in [-0.39, 0.29) is 33.6 Å². The summed E-state index contributed by atoms with van der Waals surface area (Å²) in [6, 6.07) is 11.0. The Bertz CT molecular complexity index is 1450. The van der Waals surface area contributed by atoms with Gasteiger partial charge in [0.2, 0.25) is 0 Å². The maximum atomic E-state index is 13.2. The number of nitrogens with zero attached hydrogens (tertiary/aromatic N) is 4. The van der Waals surface area contributed by atoms with Crippen LogP contribution < -0.4 is 10.3 Å². The van der Waals surface area contributed by atoms with Crippen molar-refractivity contribution in [1.82, 2.24) is 19.5 Å². The van der Waals surface area contributed by atoms with Crippen molar-refractivity contribution in [3.8, 4) is 22.8 Å². The summed E-state index contributed by atoms with van der Waals surface area (Å²) in [6.07, 6.45) is 3.16. The summed E-state index contributed by atoms with van der Waals surface area (Å²) >= 11 is 12.8. The maximum absolute atomic E-state index is 13.2. The van der Waals surface area contributed by atoms with Crippen molar-refractivity contribution in [1.29, 1.82) is 0 Å². The average Bonchev–Trinajstić information content (AvgIpc) is 2.82. The van der Waals surface area contributed by atoms with Crippen LogP contribution in [-0.2, 0) is 12.0 Å². The Morgan fingerprint density at radius 3 is 2.43 bits per heavy atom. The van der Waals surface area contributed by atoms with Crippen molar-refractivity contribution in [2.24, 2.45) is 0 Å². The highest BCUT2D eigenvalue weighted by atomic mass is 35.5. The summed E-state index contributed by atoms with van der Waals surface area (Å²) in [5.41, 5.74) is 2.14. The highest BCUT2D eigenvalue weighted by molar-refractivity contribution is 6.33. The van der Waals surface area contributed by atoms with E-state index in [0.29, 0.717) is 28.6 Å². The van der Waals surface area contributed by atoms with E-state index in [1.54, 1.807) is 43.5 Å². The molecule has 0 aliphatic rings. The third-order valence-electron chi connectivity index (χ3n) is 5.27. The van der Waals surface area contributed by atoms with Crippen molar-refractivity contribution in [3.05, 3.63) is 98.2 Å². The number of benzene rings is 1. The smallest absolute Gasteiger partial charge is 0.277 e. The molecule has 0 unspecified atom stereocenters. The van der Waals surface area contributed by atoms with Gasteiger partial charge in [-0.1, -0.05) is 56.1 Å². The van der Waals surface area contributed by atoms with Crippen molar-refractivity contribution in [2.75, 3.05) is 0 Å². The van der Waals surface area contributed by atoms with Gasteiger partial charge in [0.05, 0.1) is 22.1 Å². The molecular formula is C26H23Cl2FN4O2. The molecule has 0 atom stereocenters. The predicted octanol–water partition coefficient (Wildman–Crippen LogP) is 6.32. The first-order chi connectivity index (χ1) is 16.5. The van der Waals surface area contributed by atoms with E-state index < -0.39 is 5.56 Å². The molecule has 0 aliphatic carbocycles. The Kier molecular flexibility index (Phi) is 6.92. The molecule has 4 aromatic rings. The van der Waals surface area contributed by atoms with Crippen LogP contribution in [0.25, 0.3) is 17.1 Å². The van der Waals surface area contributed by atoms with Gasteiger partial charge in [0.25, 0.3) is 5.56 Å². The molecule has 6 nitrogen and oxygen atoms in total. The molecule has 0 aliphatic heterocycles. The molecule has 0 fully saturated rings. The molecule has 180 valence electrons. The summed E-state index contributed by atoms with van der Waals surface area (Å²) in [6.45, 7) is 7.96. The second-order valence-corrected chi connectivity index (χ2v) is 9.84. The lowest BCUT2D eigenvalue weighted by Gasteiger charge is -2.18.